The van der Waals surface area contributed by atoms with E-state index in [2.05, 4.69) is 4.98 Å². The van der Waals surface area contributed by atoms with Gasteiger partial charge in [0.15, 0.2) is 0 Å². The molecule has 2 rings (SSSR count). The zero-order chi connectivity index (χ0) is 13.0. The zero-order valence-electron chi connectivity index (χ0n) is 10.8. The molecule has 1 heterocycles. The zero-order valence-corrected chi connectivity index (χ0v) is 10.8. The summed E-state index contributed by atoms with van der Waals surface area (Å²) in [7, 11) is 0. The Labute approximate surface area is 108 Å². The molecule has 0 fully saturated rings. The molecular weight excluding hydrogens is 224 g/mol. The van der Waals surface area contributed by atoms with E-state index >= 15 is 0 Å². The van der Waals surface area contributed by atoms with Crippen LogP contribution in [0, 0.1) is 6.92 Å². The quantitative estimate of drug-likeness (QED) is 0.896. The first-order chi connectivity index (χ1) is 8.72. The van der Waals surface area contributed by atoms with Crippen molar-refractivity contribution in [3.8, 4) is 5.88 Å². The standard InChI is InChI=1S/C15H18N2O/c1-3-18-14-9-11(2)13(10-17-14)15(16)12-7-5-4-6-8-12/h4-10,15H,3,16H2,1-2H3. The van der Waals surface area contributed by atoms with Crippen LogP contribution < -0.4 is 10.5 Å². The minimum Gasteiger partial charge on any atom is -0.478 e. The van der Waals surface area contributed by atoms with Crippen LogP contribution in [-0.2, 0) is 0 Å². The molecule has 94 valence electrons. The van der Waals surface area contributed by atoms with Crippen LogP contribution in [0.4, 0.5) is 0 Å². The van der Waals surface area contributed by atoms with Crippen molar-refractivity contribution < 1.29 is 4.74 Å². The first kappa shape index (κ1) is 12.6. The van der Waals surface area contributed by atoms with Gasteiger partial charge in [-0.3, -0.25) is 0 Å². The molecule has 18 heavy (non-hydrogen) atoms. The molecule has 0 aliphatic heterocycles. The highest BCUT2D eigenvalue weighted by molar-refractivity contribution is 5.36. The number of aromatic nitrogens is 1. The molecule has 1 atom stereocenters. The summed E-state index contributed by atoms with van der Waals surface area (Å²) in [5.41, 5.74) is 9.48. The van der Waals surface area contributed by atoms with E-state index in [1.807, 2.05) is 50.2 Å². The Bertz CT molecular complexity index is 511. The maximum atomic E-state index is 6.26. The molecule has 0 saturated heterocycles. The van der Waals surface area contributed by atoms with Crippen LogP contribution in [0.5, 0.6) is 5.88 Å². The second-order valence-corrected chi connectivity index (χ2v) is 4.20. The van der Waals surface area contributed by atoms with E-state index in [0.29, 0.717) is 12.5 Å². The third kappa shape index (κ3) is 2.68. The van der Waals surface area contributed by atoms with Gasteiger partial charge in [0.2, 0.25) is 5.88 Å². The molecule has 3 heteroatoms. The minimum atomic E-state index is -0.144. The molecular formula is C15H18N2O. The van der Waals surface area contributed by atoms with Gasteiger partial charge in [0.25, 0.3) is 0 Å². The fourth-order valence-corrected chi connectivity index (χ4v) is 1.93. The summed E-state index contributed by atoms with van der Waals surface area (Å²) in [6.07, 6.45) is 1.80. The van der Waals surface area contributed by atoms with Crippen LogP contribution in [-0.4, -0.2) is 11.6 Å². The second kappa shape index (κ2) is 5.65. The van der Waals surface area contributed by atoms with Gasteiger partial charge in [-0.25, -0.2) is 4.98 Å². The van der Waals surface area contributed by atoms with Crippen LogP contribution in [0.1, 0.15) is 29.7 Å². The monoisotopic (exact) mass is 242 g/mol. The molecule has 0 aliphatic rings. The lowest BCUT2D eigenvalue weighted by atomic mass is 9.98. The maximum Gasteiger partial charge on any atom is 0.213 e. The molecule has 2 N–H and O–H groups in total. The number of hydrogen-bond donors (Lipinski definition) is 1. The van der Waals surface area contributed by atoms with Gasteiger partial charge in [0.05, 0.1) is 12.6 Å². The predicted molar refractivity (Wildman–Crippen MR) is 72.6 cm³/mol. The Kier molecular flexibility index (Phi) is 3.95. The van der Waals surface area contributed by atoms with Crippen molar-refractivity contribution >= 4 is 0 Å². The largest absolute Gasteiger partial charge is 0.478 e. The smallest absolute Gasteiger partial charge is 0.213 e. The molecule has 1 aromatic heterocycles. The maximum absolute atomic E-state index is 6.26. The van der Waals surface area contributed by atoms with Crippen molar-refractivity contribution in [3.63, 3.8) is 0 Å². The van der Waals surface area contributed by atoms with E-state index < -0.39 is 0 Å². The summed E-state index contributed by atoms with van der Waals surface area (Å²) in [6, 6.07) is 11.8. The predicted octanol–water partition coefficient (Wildman–Crippen LogP) is 2.84. The number of hydrogen-bond acceptors (Lipinski definition) is 3. The highest BCUT2D eigenvalue weighted by atomic mass is 16.5. The second-order valence-electron chi connectivity index (χ2n) is 4.20. The molecule has 0 amide bonds. The summed E-state index contributed by atoms with van der Waals surface area (Å²) in [5.74, 6) is 0.652. The number of nitrogens with zero attached hydrogens (tertiary/aromatic N) is 1. The van der Waals surface area contributed by atoms with E-state index in [4.69, 9.17) is 10.5 Å². The highest BCUT2D eigenvalue weighted by Gasteiger charge is 2.12. The highest BCUT2D eigenvalue weighted by Crippen LogP contribution is 2.23. The molecule has 1 unspecified atom stereocenters. The summed E-state index contributed by atoms with van der Waals surface area (Å²) in [6.45, 7) is 4.60. The summed E-state index contributed by atoms with van der Waals surface area (Å²) < 4.78 is 5.38. The first-order valence-corrected chi connectivity index (χ1v) is 6.12. The molecule has 3 nitrogen and oxygen atoms in total. The number of pyridine rings is 1. The number of nitrogens with two attached hydrogens (primary N) is 1. The van der Waals surface area contributed by atoms with Crippen LogP contribution in [0.15, 0.2) is 42.6 Å². The normalized spacial score (nSPS) is 12.2. The summed E-state index contributed by atoms with van der Waals surface area (Å²) in [5, 5.41) is 0. The van der Waals surface area contributed by atoms with Crippen molar-refractivity contribution in [2.24, 2.45) is 5.73 Å². The van der Waals surface area contributed by atoms with Crippen molar-refractivity contribution in [2.45, 2.75) is 19.9 Å². The SMILES string of the molecule is CCOc1cc(C)c(C(N)c2ccccc2)cn1. The third-order valence-corrected chi connectivity index (χ3v) is 2.91. The van der Waals surface area contributed by atoms with Crippen LogP contribution in [0.3, 0.4) is 0 Å². The number of aryl methyl sites for hydroxylation is 1. The van der Waals surface area contributed by atoms with Gasteiger partial charge < -0.3 is 10.5 Å². The lowest BCUT2D eigenvalue weighted by Gasteiger charge is -2.15. The van der Waals surface area contributed by atoms with E-state index in [9.17, 15) is 0 Å². The van der Waals surface area contributed by atoms with Gasteiger partial charge in [-0.1, -0.05) is 30.3 Å². The Morgan fingerprint density at radius 3 is 2.61 bits per heavy atom. The molecule has 1 aromatic carbocycles. The molecule has 0 saturated carbocycles. The van der Waals surface area contributed by atoms with Crippen LogP contribution >= 0.6 is 0 Å². The molecule has 0 bridgehead atoms. The molecule has 0 radical (unpaired) electrons. The van der Waals surface area contributed by atoms with Crippen molar-refractivity contribution in [1.29, 1.82) is 0 Å². The molecule has 2 aromatic rings. The Morgan fingerprint density at radius 2 is 2.00 bits per heavy atom. The van der Waals surface area contributed by atoms with Gasteiger partial charge in [0, 0.05) is 12.3 Å². The van der Waals surface area contributed by atoms with Crippen molar-refractivity contribution in [3.05, 3.63) is 59.3 Å². The van der Waals surface area contributed by atoms with Gasteiger partial charge in [-0.2, -0.15) is 0 Å². The Hall–Kier alpha value is -1.87. The van der Waals surface area contributed by atoms with Gasteiger partial charge in [-0.15, -0.1) is 0 Å². The first-order valence-electron chi connectivity index (χ1n) is 6.12. The van der Waals surface area contributed by atoms with Gasteiger partial charge in [0.1, 0.15) is 0 Å². The van der Waals surface area contributed by atoms with Crippen molar-refractivity contribution in [2.75, 3.05) is 6.61 Å². The fourth-order valence-electron chi connectivity index (χ4n) is 1.93. The lowest BCUT2D eigenvalue weighted by Crippen LogP contribution is -2.13. The summed E-state index contributed by atoms with van der Waals surface area (Å²) >= 11 is 0. The lowest BCUT2D eigenvalue weighted by molar-refractivity contribution is 0.326. The van der Waals surface area contributed by atoms with Crippen LogP contribution in [0.2, 0.25) is 0 Å². The van der Waals surface area contributed by atoms with E-state index in [-0.39, 0.29) is 6.04 Å². The van der Waals surface area contributed by atoms with Crippen LogP contribution in [0.25, 0.3) is 0 Å². The number of rotatable bonds is 4. The molecule has 0 spiro atoms. The van der Waals surface area contributed by atoms with E-state index in [1.54, 1.807) is 6.20 Å². The average molecular weight is 242 g/mol. The number of ether oxygens (including phenoxy) is 1. The Morgan fingerprint density at radius 1 is 1.28 bits per heavy atom. The third-order valence-electron chi connectivity index (χ3n) is 2.91. The topological polar surface area (TPSA) is 48.1 Å². The summed E-state index contributed by atoms with van der Waals surface area (Å²) in [4.78, 5) is 4.27. The fraction of sp³-hybridized carbons (Fsp3) is 0.267. The van der Waals surface area contributed by atoms with Gasteiger partial charge in [-0.05, 0) is 30.5 Å². The molecule has 0 aliphatic carbocycles. The average Bonchev–Trinajstić information content (AvgIpc) is 2.40. The van der Waals surface area contributed by atoms with Gasteiger partial charge >= 0.3 is 0 Å². The number of benzene rings is 1. The van der Waals surface area contributed by atoms with E-state index in [0.717, 1.165) is 16.7 Å². The Balaban J connectivity index is 2.28. The minimum absolute atomic E-state index is 0.144. The van der Waals surface area contributed by atoms with Crippen molar-refractivity contribution in [1.82, 2.24) is 4.98 Å². The van der Waals surface area contributed by atoms with E-state index in [1.165, 1.54) is 0 Å².